The quantitative estimate of drug-likeness (QED) is 0.743. The number of aromatic nitrogens is 3. The minimum Gasteiger partial charge on any atom is -0.312 e. The smallest absolute Gasteiger partial charge is 0.231 e. The van der Waals surface area contributed by atoms with Gasteiger partial charge in [0.2, 0.25) is 16.9 Å². The first kappa shape index (κ1) is 17.0. The Hall–Kier alpha value is -2.39. The van der Waals surface area contributed by atoms with Gasteiger partial charge >= 0.3 is 0 Å². The molecule has 0 spiro atoms. The number of nitrogens with one attached hydrogen (secondary N) is 1. The zero-order valence-electron chi connectivity index (χ0n) is 14.4. The average molecular weight is 387 g/mol. The highest BCUT2D eigenvalue weighted by Gasteiger charge is 2.35. The van der Waals surface area contributed by atoms with Crippen LogP contribution in [0.3, 0.4) is 0 Å². The largest absolute Gasteiger partial charge is 0.312 e. The number of fused-ring (bicyclic) bond motifs is 1. The van der Waals surface area contributed by atoms with Crippen LogP contribution in [0.25, 0.3) is 10.2 Å². The van der Waals surface area contributed by atoms with Crippen molar-refractivity contribution in [1.29, 1.82) is 0 Å². The fourth-order valence-electron chi connectivity index (χ4n) is 2.99. The molecule has 1 unspecified atom stereocenters. The molecule has 1 saturated heterocycles. The third-order valence-electron chi connectivity index (χ3n) is 4.29. The van der Waals surface area contributed by atoms with Crippen molar-refractivity contribution in [2.45, 2.75) is 26.7 Å². The number of anilines is 2. The summed E-state index contributed by atoms with van der Waals surface area (Å²) in [5, 5.41) is 13.1. The molecule has 0 saturated carbocycles. The Balaban J connectivity index is 1.49. The van der Waals surface area contributed by atoms with E-state index < -0.39 is 5.92 Å². The molecule has 1 N–H and O–H groups in total. The predicted octanol–water partition coefficient (Wildman–Crippen LogP) is 3.01. The van der Waals surface area contributed by atoms with E-state index in [1.165, 1.54) is 11.3 Å². The maximum absolute atomic E-state index is 12.5. The molecule has 1 aliphatic rings. The Bertz CT molecular complexity index is 996. The number of hydrogen-bond acceptors (Lipinski definition) is 7. The van der Waals surface area contributed by atoms with Crippen molar-refractivity contribution < 1.29 is 9.59 Å². The van der Waals surface area contributed by atoms with E-state index in [2.05, 4.69) is 20.5 Å². The van der Waals surface area contributed by atoms with Crippen LogP contribution in [0.4, 0.5) is 10.8 Å². The van der Waals surface area contributed by atoms with E-state index >= 15 is 0 Å². The van der Waals surface area contributed by atoms with E-state index in [4.69, 9.17) is 0 Å². The van der Waals surface area contributed by atoms with Crippen LogP contribution < -0.4 is 10.2 Å². The van der Waals surface area contributed by atoms with Gasteiger partial charge in [-0.2, -0.15) is 0 Å². The lowest BCUT2D eigenvalue weighted by Crippen LogP contribution is -2.28. The molecule has 4 rings (SSSR count). The highest BCUT2D eigenvalue weighted by molar-refractivity contribution is 7.18. The van der Waals surface area contributed by atoms with Gasteiger partial charge in [0.25, 0.3) is 0 Å². The number of thiazole rings is 1. The molecule has 1 atom stereocenters. The van der Waals surface area contributed by atoms with Gasteiger partial charge in [-0.15, -0.1) is 21.5 Å². The van der Waals surface area contributed by atoms with Gasteiger partial charge in [0.15, 0.2) is 0 Å². The van der Waals surface area contributed by atoms with Gasteiger partial charge in [0.05, 0.1) is 21.1 Å². The van der Waals surface area contributed by atoms with Crippen LogP contribution in [-0.2, 0) is 16.0 Å². The maximum atomic E-state index is 12.5. The number of carbonyl (C=O) groups excluding carboxylic acids is 2. The molecule has 0 bridgehead atoms. The zero-order chi connectivity index (χ0) is 18.3. The molecule has 9 heteroatoms. The number of hydrogen-bond donors (Lipinski definition) is 1. The second kappa shape index (κ2) is 6.73. The second-order valence-corrected chi connectivity index (χ2v) is 8.43. The van der Waals surface area contributed by atoms with Crippen molar-refractivity contribution in [2.75, 3.05) is 16.8 Å². The average Bonchev–Trinajstić information content (AvgIpc) is 3.31. The van der Waals surface area contributed by atoms with Crippen molar-refractivity contribution >= 4 is 55.5 Å². The number of carbonyl (C=O) groups is 2. The Morgan fingerprint density at radius 1 is 1.35 bits per heavy atom. The molecule has 3 heterocycles. The molecule has 0 radical (unpaired) electrons. The topological polar surface area (TPSA) is 88.1 Å². The van der Waals surface area contributed by atoms with Gasteiger partial charge < -0.3 is 10.2 Å². The highest BCUT2D eigenvalue weighted by Crippen LogP contribution is 2.30. The van der Waals surface area contributed by atoms with E-state index in [0.29, 0.717) is 11.7 Å². The molecule has 1 aromatic carbocycles. The fourth-order valence-corrected chi connectivity index (χ4v) is 4.48. The number of rotatable bonds is 4. The predicted molar refractivity (Wildman–Crippen MR) is 103 cm³/mol. The van der Waals surface area contributed by atoms with Crippen molar-refractivity contribution in [3.05, 3.63) is 28.2 Å². The molecule has 2 aromatic heterocycles. The van der Waals surface area contributed by atoms with Crippen LogP contribution in [0, 0.1) is 12.8 Å². The summed E-state index contributed by atoms with van der Waals surface area (Å²) in [6.07, 6.45) is 0.973. The monoisotopic (exact) mass is 387 g/mol. The van der Waals surface area contributed by atoms with Crippen molar-refractivity contribution in [3.63, 3.8) is 0 Å². The molecule has 7 nitrogen and oxygen atoms in total. The Morgan fingerprint density at radius 2 is 2.19 bits per heavy atom. The van der Waals surface area contributed by atoms with Gasteiger partial charge in [-0.05, 0) is 31.5 Å². The Labute approximate surface area is 158 Å². The fraction of sp³-hybridized carbons (Fsp3) is 0.353. The summed E-state index contributed by atoms with van der Waals surface area (Å²) in [7, 11) is 0. The molecular weight excluding hydrogens is 370 g/mol. The lowest BCUT2D eigenvalue weighted by atomic mass is 10.1. The van der Waals surface area contributed by atoms with Crippen LogP contribution in [0.5, 0.6) is 0 Å². The van der Waals surface area contributed by atoms with Gasteiger partial charge in [0, 0.05) is 18.7 Å². The van der Waals surface area contributed by atoms with Crippen LogP contribution in [0.1, 0.15) is 23.4 Å². The first-order valence-corrected chi connectivity index (χ1v) is 9.97. The SMILES string of the molecule is CCc1nnc(NC(=O)C2CC(=O)N(c3ccc4sc(C)nc4c3)C2)s1. The van der Waals surface area contributed by atoms with E-state index in [9.17, 15) is 9.59 Å². The molecule has 26 heavy (non-hydrogen) atoms. The first-order valence-electron chi connectivity index (χ1n) is 8.34. The lowest BCUT2D eigenvalue weighted by Gasteiger charge is -2.16. The van der Waals surface area contributed by atoms with E-state index in [-0.39, 0.29) is 18.2 Å². The standard InChI is InChI=1S/C17H17N5O2S2/c1-3-14-20-21-17(26-14)19-16(24)10-6-15(23)22(8-10)11-4-5-13-12(7-11)18-9(2)25-13/h4-5,7,10H,3,6,8H2,1-2H3,(H,19,21,24). The molecule has 134 valence electrons. The highest BCUT2D eigenvalue weighted by atomic mass is 32.1. The van der Waals surface area contributed by atoms with Gasteiger partial charge in [-0.3, -0.25) is 9.59 Å². The van der Waals surface area contributed by atoms with Crippen LogP contribution in [-0.4, -0.2) is 33.5 Å². The summed E-state index contributed by atoms with van der Waals surface area (Å²) in [5.41, 5.74) is 1.67. The van der Waals surface area contributed by atoms with E-state index in [1.54, 1.807) is 16.2 Å². The molecule has 2 amide bonds. The lowest BCUT2D eigenvalue weighted by molar-refractivity contribution is -0.122. The Kier molecular flexibility index (Phi) is 4.41. The number of benzene rings is 1. The molecule has 3 aromatic rings. The number of amides is 2. The van der Waals surface area contributed by atoms with Crippen molar-refractivity contribution in [1.82, 2.24) is 15.2 Å². The minimum absolute atomic E-state index is 0.0528. The van der Waals surface area contributed by atoms with Crippen molar-refractivity contribution in [3.8, 4) is 0 Å². The van der Waals surface area contributed by atoms with E-state index in [1.807, 2.05) is 32.0 Å². The van der Waals surface area contributed by atoms with Crippen LogP contribution in [0.2, 0.25) is 0 Å². The van der Waals surface area contributed by atoms with Crippen LogP contribution in [0.15, 0.2) is 18.2 Å². The summed E-state index contributed by atoms with van der Waals surface area (Å²) in [5.74, 6) is -0.641. The molecule has 0 aliphatic carbocycles. The van der Waals surface area contributed by atoms with Gasteiger partial charge in [0.1, 0.15) is 5.01 Å². The Morgan fingerprint density at radius 3 is 2.96 bits per heavy atom. The summed E-state index contributed by atoms with van der Waals surface area (Å²) in [4.78, 5) is 31.1. The molecule has 1 aliphatic heterocycles. The summed E-state index contributed by atoms with van der Waals surface area (Å²) in [6, 6.07) is 5.80. The zero-order valence-corrected chi connectivity index (χ0v) is 16.0. The third-order valence-corrected chi connectivity index (χ3v) is 6.22. The first-order chi connectivity index (χ1) is 12.5. The summed E-state index contributed by atoms with van der Waals surface area (Å²) in [6.45, 7) is 4.31. The van der Waals surface area contributed by atoms with Gasteiger partial charge in [-0.1, -0.05) is 18.3 Å². The van der Waals surface area contributed by atoms with E-state index in [0.717, 1.165) is 32.3 Å². The van der Waals surface area contributed by atoms with Crippen molar-refractivity contribution in [2.24, 2.45) is 5.92 Å². The summed E-state index contributed by atoms with van der Waals surface area (Å²) >= 11 is 2.99. The molecular formula is C17H17N5O2S2. The molecule has 1 fully saturated rings. The summed E-state index contributed by atoms with van der Waals surface area (Å²) < 4.78 is 1.09. The number of nitrogens with zero attached hydrogens (tertiary/aromatic N) is 4. The normalized spacial score (nSPS) is 17.2. The minimum atomic E-state index is -0.399. The number of aryl methyl sites for hydroxylation is 2. The second-order valence-electron chi connectivity index (χ2n) is 6.13. The van der Waals surface area contributed by atoms with Gasteiger partial charge in [-0.25, -0.2) is 4.98 Å². The third kappa shape index (κ3) is 3.19. The van der Waals surface area contributed by atoms with Crippen LogP contribution >= 0.6 is 22.7 Å². The maximum Gasteiger partial charge on any atom is 0.231 e.